The first-order chi connectivity index (χ1) is 5.66. The summed E-state index contributed by atoms with van der Waals surface area (Å²) in [6, 6.07) is 5.56. The van der Waals surface area contributed by atoms with Crippen LogP contribution in [-0.4, -0.2) is 5.11 Å². The monoisotopic (exact) mass is 162 g/mol. The van der Waals surface area contributed by atoms with Gasteiger partial charge >= 0.3 is 0 Å². The molecule has 1 nitrogen and oxygen atoms in total. The van der Waals surface area contributed by atoms with E-state index >= 15 is 0 Å². The van der Waals surface area contributed by atoms with E-state index in [9.17, 15) is 5.11 Å². The van der Waals surface area contributed by atoms with Crippen molar-refractivity contribution >= 4 is 6.08 Å². The molecule has 0 aromatic heterocycles. The first-order valence-electron chi connectivity index (χ1n) is 4.11. The number of rotatable bonds is 2. The second kappa shape index (κ2) is 3.44. The Balaban J connectivity index is 3.27. The molecule has 0 aliphatic rings. The van der Waals surface area contributed by atoms with Crippen LogP contribution in [0.3, 0.4) is 0 Å². The van der Waals surface area contributed by atoms with Gasteiger partial charge in [0.25, 0.3) is 0 Å². The fourth-order valence-corrected chi connectivity index (χ4v) is 1.30. The summed E-state index contributed by atoms with van der Waals surface area (Å²) in [4.78, 5) is 0. The van der Waals surface area contributed by atoms with Crippen LogP contribution in [0.4, 0.5) is 0 Å². The van der Waals surface area contributed by atoms with E-state index in [0.29, 0.717) is 11.7 Å². The van der Waals surface area contributed by atoms with E-state index in [2.05, 4.69) is 20.4 Å². The van der Waals surface area contributed by atoms with E-state index in [1.807, 2.05) is 12.1 Å². The van der Waals surface area contributed by atoms with Crippen LogP contribution in [0, 0.1) is 0 Å². The molecule has 1 rings (SSSR count). The third-order valence-electron chi connectivity index (χ3n) is 1.94. The lowest BCUT2D eigenvalue weighted by molar-refractivity contribution is 0.472. The molecule has 1 aromatic rings. The molecule has 1 aromatic carbocycles. The maximum atomic E-state index is 9.47. The molecule has 0 aliphatic heterocycles. The zero-order valence-corrected chi connectivity index (χ0v) is 7.54. The minimum Gasteiger partial charge on any atom is -0.507 e. The van der Waals surface area contributed by atoms with Crippen molar-refractivity contribution in [2.45, 2.75) is 19.8 Å². The second-order valence-corrected chi connectivity index (χ2v) is 3.14. The van der Waals surface area contributed by atoms with Gasteiger partial charge in [-0.3, -0.25) is 0 Å². The molecule has 0 heterocycles. The fourth-order valence-electron chi connectivity index (χ4n) is 1.30. The van der Waals surface area contributed by atoms with Gasteiger partial charge in [0.2, 0.25) is 0 Å². The van der Waals surface area contributed by atoms with Crippen LogP contribution in [0.1, 0.15) is 30.9 Å². The van der Waals surface area contributed by atoms with Gasteiger partial charge in [0.1, 0.15) is 5.75 Å². The van der Waals surface area contributed by atoms with E-state index in [1.54, 1.807) is 12.1 Å². The molecule has 1 N–H and O–H groups in total. The molecule has 0 unspecified atom stereocenters. The van der Waals surface area contributed by atoms with Crippen LogP contribution in [0.5, 0.6) is 5.75 Å². The summed E-state index contributed by atoms with van der Waals surface area (Å²) >= 11 is 0. The third kappa shape index (κ3) is 1.50. The highest BCUT2D eigenvalue weighted by Crippen LogP contribution is 2.27. The van der Waals surface area contributed by atoms with Crippen LogP contribution >= 0.6 is 0 Å². The predicted molar refractivity (Wildman–Crippen MR) is 52.3 cm³/mol. The molecule has 12 heavy (non-hydrogen) atoms. The zero-order valence-electron chi connectivity index (χ0n) is 7.54. The largest absolute Gasteiger partial charge is 0.507 e. The molecule has 0 atom stereocenters. The number of phenolic OH excluding ortho intramolecular Hbond substituents is 1. The maximum Gasteiger partial charge on any atom is 0.123 e. The Hall–Kier alpha value is -1.24. The summed E-state index contributed by atoms with van der Waals surface area (Å²) in [5.74, 6) is 0.737. The van der Waals surface area contributed by atoms with Crippen LogP contribution in [0.15, 0.2) is 24.8 Å². The number of benzene rings is 1. The van der Waals surface area contributed by atoms with Gasteiger partial charge in [-0.15, -0.1) is 0 Å². The molecule has 0 saturated heterocycles. The predicted octanol–water partition coefficient (Wildman–Crippen LogP) is 3.16. The second-order valence-electron chi connectivity index (χ2n) is 3.14. The zero-order chi connectivity index (χ0) is 9.14. The van der Waals surface area contributed by atoms with Crippen molar-refractivity contribution in [3.63, 3.8) is 0 Å². The quantitative estimate of drug-likeness (QED) is 0.708. The van der Waals surface area contributed by atoms with Gasteiger partial charge in [-0.1, -0.05) is 38.6 Å². The number of aromatic hydroxyl groups is 1. The summed E-state index contributed by atoms with van der Waals surface area (Å²) in [6.07, 6.45) is 1.70. The van der Waals surface area contributed by atoms with Crippen molar-refractivity contribution in [2.75, 3.05) is 0 Å². The van der Waals surface area contributed by atoms with Gasteiger partial charge in [0, 0.05) is 5.56 Å². The van der Waals surface area contributed by atoms with E-state index in [4.69, 9.17) is 0 Å². The first-order valence-corrected chi connectivity index (χ1v) is 4.11. The van der Waals surface area contributed by atoms with Gasteiger partial charge in [0.05, 0.1) is 0 Å². The molecule has 0 spiro atoms. The molecule has 0 aliphatic carbocycles. The van der Waals surface area contributed by atoms with Crippen molar-refractivity contribution in [3.05, 3.63) is 35.9 Å². The Morgan fingerprint density at radius 2 is 2.08 bits per heavy atom. The van der Waals surface area contributed by atoms with E-state index in [1.165, 1.54) is 0 Å². The minimum absolute atomic E-state index is 0.316. The first kappa shape index (κ1) is 8.85. The van der Waals surface area contributed by atoms with Gasteiger partial charge < -0.3 is 5.11 Å². The lowest BCUT2D eigenvalue weighted by atomic mass is 9.97. The highest BCUT2D eigenvalue weighted by Gasteiger charge is 2.06. The van der Waals surface area contributed by atoms with Crippen molar-refractivity contribution in [3.8, 4) is 5.75 Å². The van der Waals surface area contributed by atoms with Crippen LogP contribution < -0.4 is 0 Å². The van der Waals surface area contributed by atoms with Gasteiger partial charge in [-0.05, 0) is 17.5 Å². The molecular weight excluding hydrogens is 148 g/mol. The summed E-state index contributed by atoms with van der Waals surface area (Å²) in [5, 5.41) is 9.47. The fraction of sp³-hybridized carbons (Fsp3) is 0.273. The number of hydrogen-bond donors (Lipinski definition) is 1. The maximum absolute atomic E-state index is 9.47. The summed E-state index contributed by atoms with van der Waals surface area (Å²) in [6.45, 7) is 7.87. The van der Waals surface area contributed by atoms with Crippen LogP contribution in [0.25, 0.3) is 6.08 Å². The SMILES string of the molecule is C=Cc1c(O)cccc1C(C)C. The van der Waals surface area contributed by atoms with Crippen LogP contribution in [0.2, 0.25) is 0 Å². The summed E-state index contributed by atoms with van der Waals surface area (Å²) in [7, 11) is 0. The van der Waals surface area contributed by atoms with Crippen LogP contribution in [-0.2, 0) is 0 Å². The lowest BCUT2D eigenvalue weighted by Crippen LogP contribution is -1.91. The average molecular weight is 162 g/mol. The molecule has 0 amide bonds. The Bertz CT molecular complexity index is 287. The number of hydrogen-bond acceptors (Lipinski definition) is 1. The van der Waals surface area contributed by atoms with E-state index < -0.39 is 0 Å². The summed E-state index contributed by atoms with van der Waals surface area (Å²) < 4.78 is 0. The number of phenols is 1. The minimum atomic E-state index is 0.316. The molecule has 0 fully saturated rings. The highest BCUT2D eigenvalue weighted by atomic mass is 16.3. The standard InChI is InChI=1S/C11H14O/c1-4-9-10(8(2)3)6-5-7-11(9)12/h4-8,12H,1H2,2-3H3. The van der Waals surface area contributed by atoms with E-state index in [0.717, 1.165) is 11.1 Å². The Kier molecular flexibility index (Phi) is 2.54. The van der Waals surface area contributed by atoms with Gasteiger partial charge in [-0.2, -0.15) is 0 Å². The molecule has 0 saturated carbocycles. The molecule has 1 heteroatoms. The van der Waals surface area contributed by atoms with Gasteiger partial charge in [0.15, 0.2) is 0 Å². The van der Waals surface area contributed by atoms with Crippen molar-refractivity contribution in [1.29, 1.82) is 0 Å². The lowest BCUT2D eigenvalue weighted by Gasteiger charge is -2.10. The van der Waals surface area contributed by atoms with Crippen molar-refractivity contribution in [2.24, 2.45) is 0 Å². The molecule has 64 valence electrons. The smallest absolute Gasteiger partial charge is 0.123 e. The Morgan fingerprint density at radius 3 is 2.50 bits per heavy atom. The highest BCUT2D eigenvalue weighted by molar-refractivity contribution is 5.60. The third-order valence-corrected chi connectivity index (χ3v) is 1.94. The van der Waals surface area contributed by atoms with E-state index in [-0.39, 0.29) is 0 Å². The molecule has 0 radical (unpaired) electrons. The van der Waals surface area contributed by atoms with Gasteiger partial charge in [-0.25, -0.2) is 0 Å². The van der Waals surface area contributed by atoms with Crippen molar-refractivity contribution < 1.29 is 5.11 Å². The Labute approximate surface area is 73.4 Å². The van der Waals surface area contributed by atoms with Crippen molar-refractivity contribution in [1.82, 2.24) is 0 Å². The summed E-state index contributed by atoms with van der Waals surface area (Å²) in [5.41, 5.74) is 2.00. The normalized spacial score (nSPS) is 10.2. The molecule has 0 bridgehead atoms. The Morgan fingerprint density at radius 1 is 1.42 bits per heavy atom. The average Bonchev–Trinajstić information content (AvgIpc) is 2.03. The topological polar surface area (TPSA) is 20.2 Å². The molecular formula is C11H14O.